The Balaban J connectivity index is 1.96. The molecule has 3 aromatic rings. The summed E-state index contributed by atoms with van der Waals surface area (Å²) >= 11 is 0. The van der Waals surface area contributed by atoms with Gasteiger partial charge in [0.05, 0.1) is 10.9 Å². The lowest BCUT2D eigenvalue weighted by atomic mass is 10.2. The highest BCUT2D eigenvalue weighted by Crippen LogP contribution is 2.09. The number of rotatable bonds is 2. The molecule has 0 bridgehead atoms. The maximum absolute atomic E-state index is 12.0. The van der Waals surface area contributed by atoms with Gasteiger partial charge in [-0.15, -0.1) is 0 Å². The number of anilines is 1. The van der Waals surface area contributed by atoms with E-state index < -0.39 is 0 Å². The van der Waals surface area contributed by atoms with Gasteiger partial charge in [-0.3, -0.25) is 19.9 Å². The average molecular weight is 265 g/mol. The van der Waals surface area contributed by atoms with E-state index in [1.165, 1.54) is 0 Å². The molecule has 1 heterocycles. The Bertz CT molecular complexity index is 825. The maximum Gasteiger partial charge on any atom is 0.260 e. The van der Waals surface area contributed by atoms with Crippen molar-refractivity contribution in [3.05, 3.63) is 70.5 Å². The van der Waals surface area contributed by atoms with Crippen LogP contribution in [0.25, 0.3) is 10.9 Å². The van der Waals surface area contributed by atoms with Crippen LogP contribution in [0.3, 0.4) is 0 Å². The van der Waals surface area contributed by atoms with Gasteiger partial charge in [-0.1, -0.05) is 30.3 Å². The molecule has 0 atom stereocenters. The quantitative estimate of drug-likeness (QED) is 0.745. The number of fused-ring (bicyclic) bond motifs is 1. The smallest absolute Gasteiger partial charge is 0.260 e. The van der Waals surface area contributed by atoms with E-state index in [-0.39, 0.29) is 17.4 Å². The number of nitrogens with one attached hydrogen (secondary N) is 2. The fraction of sp³-hybridized carbons (Fsp3) is 0. The molecule has 2 aromatic carbocycles. The Morgan fingerprint density at radius 2 is 1.70 bits per heavy atom. The van der Waals surface area contributed by atoms with Crippen LogP contribution in [0.1, 0.15) is 10.4 Å². The van der Waals surface area contributed by atoms with Crippen LogP contribution in [0, 0.1) is 0 Å². The second kappa shape index (κ2) is 4.97. The molecule has 1 aromatic heterocycles. The molecule has 0 radical (unpaired) electrons. The predicted octanol–water partition coefficient (Wildman–Crippen LogP) is 2.18. The summed E-state index contributed by atoms with van der Waals surface area (Å²) in [4.78, 5) is 30.6. The second-order valence-corrected chi connectivity index (χ2v) is 4.25. The zero-order chi connectivity index (χ0) is 13.9. The van der Waals surface area contributed by atoms with E-state index in [1.807, 2.05) is 6.07 Å². The first kappa shape index (κ1) is 12.1. The summed E-state index contributed by atoms with van der Waals surface area (Å²) in [6, 6.07) is 15.7. The van der Waals surface area contributed by atoms with Crippen molar-refractivity contribution in [2.75, 3.05) is 5.32 Å². The molecule has 98 valence electrons. The first-order valence-electron chi connectivity index (χ1n) is 6.09. The number of benzene rings is 2. The summed E-state index contributed by atoms with van der Waals surface area (Å²) in [5.41, 5.74) is 0.766. The number of hydrogen-bond donors (Lipinski definition) is 2. The van der Waals surface area contributed by atoms with Crippen LogP contribution in [0.2, 0.25) is 0 Å². The molecule has 20 heavy (non-hydrogen) atoms. The maximum atomic E-state index is 12.0. The Morgan fingerprint density at radius 1 is 1.00 bits per heavy atom. The molecule has 0 aliphatic heterocycles. The normalized spacial score (nSPS) is 10.4. The van der Waals surface area contributed by atoms with Crippen LogP contribution in [-0.4, -0.2) is 15.9 Å². The number of carbonyl (C=O) groups is 1. The predicted molar refractivity (Wildman–Crippen MR) is 76.8 cm³/mol. The molecule has 0 saturated carbocycles. The Labute approximate surface area is 114 Å². The van der Waals surface area contributed by atoms with Crippen LogP contribution in [0.4, 0.5) is 5.95 Å². The number of para-hydroxylation sites is 1. The highest BCUT2D eigenvalue weighted by atomic mass is 16.2. The number of nitrogens with zero attached hydrogens (tertiary/aromatic N) is 1. The summed E-state index contributed by atoms with van der Waals surface area (Å²) in [6.07, 6.45) is 0. The van der Waals surface area contributed by atoms with Crippen molar-refractivity contribution < 1.29 is 4.79 Å². The molecular formula is C15H11N3O2. The molecule has 5 heteroatoms. The monoisotopic (exact) mass is 265 g/mol. The summed E-state index contributed by atoms with van der Waals surface area (Å²) in [7, 11) is 0. The molecular weight excluding hydrogens is 254 g/mol. The van der Waals surface area contributed by atoms with Gasteiger partial charge in [-0.05, 0) is 24.3 Å². The summed E-state index contributed by atoms with van der Waals surface area (Å²) in [5.74, 6) is -0.174. The lowest BCUT2D eigenvalue weighted by Gasteiger charge is -2.05. The third-order valence-corrected chi connectivity index (χ3v) is 2.88. The van der Waals surface area contributed by atoms with E-state index in [2.05, 4.69) is 15.3 Å². The lowest BCUT2D eigenvalue weighted by Crippen LogP contribution is -2.18. The summed E-state index contributed by atoms with van der Waals surface area (Å²) < 4.78 is 0. The molecule has 3 rings (SSSR count). The zero-order valence-electron chi connectivity index (χ0n) is 10.5. The third-order valence-electron chi connectivity index (χ3n) is 2.88. The van der Waals surface area contributed by atoms with E-state index >= 15 is 0 Å². The Morgan fingerprint density at radius 3 is 2.50 bits per heavy atom. The van der Waals surface area contributed by atoms with Crippen molar-refractivity contribution in [1.82, 2.24) is 9.97 Å². The number of H-pyrrole nitrogens is 1. The molecule has 0 spiro atoms. The fourth-order valence-corrected chi connectivity index (χ4v) is 1.91. The van der Waals surface area contributed by atoms with Crippen LogP contribution in [0.5, 0.6) is 0 Å². The largest absolute Gasteiger partial charge is 0.292 e. The van der Waals surface area contributed by atoms with Gasteiger partial charge in [0.25, 0.3) is 11.5 Å². The minimum absolute atomic E-state index is 0.141. The van der Waals surface area contributed by atoms with E-state index in [0.717, 1.165) is 0 Å². The topological polar surface area (TPSA) is 74.8 Å². The van der Waals surface area contributed by atoms with E-state index in [9.17, 15) is 9.59 Å². The molecule has 0 saturated heterocycles. The van der Waals surface area contributed by atoms with Crippen molar-refractivity contribution >= 4 is 22.8 Å². The lowest BCUT2D eigenvalue weighted by molar-refractivity contribution is 0.102. The number of aromatic amines is 1. The van der Waals surface area contributed by atoms with Crippen LogP contribution in [-0.2, 0) is 0 Å². The fourth-order valence-electron chi connectivity index (χ4n) is 1.91. The third kappa shape index (κ3) is 2.29. The standard InChI is InChI=1S/C15H11N3O2/c19-13(10-6-2-1-3-7-10)17-15-16-12-9-5-4-8-11(12)14(20)18-15/h1-9H,(H2,16,17,18,19,20). The minimum Gasteiger partial charge on any atom is -0.292 e. The molecule has 0 unspecified atom stereocenters. The van der Waals surface area contributed by atoms with Crippen LogP contribution in [0.15, 0.2) is 59.4 Å². The SMILES string of the molecule is O=C(Nc1nc2ccccc2c(=O)[nH]1)c1ccccc1. The number of amides is 1. The second-order valence-electron chi connectivity index (χ2n) is 4.25. The summed E-state index contributed by atoms with van der Waals surface area (Å²) in [6.45, 7) is 0. The Hall–Kier alpha value is -2.95. The van der Waals surface area contributed by atoms with Gasteiger partial charge < -0.3 is 0 Å². The first-order valence-corrected chi connectivity index (χ1v) is 6.09. The van der Waals surface area contributed by atoms with Gasteiger partial charge in [-0.2, -0.15) is 0 Å². The molecule has 2 N–H and O–H groups in total. The van der Waals surface area contributed by atoms with Gasteiger partial charge in [0.2, 0.25) is 5.95 Å². The van der Waals surface area contributed by atoms with Gasteiger partial charge >= 0.3 is 0 Å². The molecule has 5 nitrogen and oxygen atoms in total. The average Bonchev–Trinajstić information content (AvgIpc) is 2.48. The van der Waals surface area contributed by atoms with Crippen molar-refractivity contribution in [3.63, 3.8) is 0 Å². The molecule has 1 amide bonds. The van der Waals surface area contributed by atoms with Gasteiger partial charge in [0.1, 0.15) is 0 Å². The number of aromatic nitrogens is 2. The first-order chi connectivity index (χ1) is 9.74. The van der Waals surface area contributed by atoms with Crippen molar-refractivity contribution in [2.24, 2.45) is 0 Å². The van der Waals surface area contributed by atoms with Crippen molar-refractivity contribution in [1.29, 1.82) is 0 Å². The van der Waals surface area contributed by atoms with Crippen LogP contribution >= 0.6 is 0 Å². The molecule has 0 fully saturated rings. The minimum atomic E-state index is -0.316. The van der Waals surface area contributed by atoms with Crippen molar-refractivity contribution in [3.8, 4) is 0 Å². The molecule has 0 aliphatic rings. The highest BCUT2D eigenvalue weighted by molar-refractivity contribution is 6.03. The number of hydrogen-bond acceptors (Lipinski definition) is 3. The van der Waals surface area contributed by atoms with Crippen LogP contribution < -0.4 is 10.9 Å². The van der Waals surface area contributed by atoms with E-state index in [1.54, 1.807) is 48.5 Å². The zero-order valence-corrected chi connectivity index (χ0v) is 10.5. The van der Waals surface area contributed by atoms with E-state index in [4.69, 9.17) is 0 Å². The van der Waals surface area contributed by atoms with Gasteiger partial charge in [-0.25, -0.2) is 4.98 Å². The highest BCUT2D eigenvalue weighted by Gasteiger charge is 2.08. The van der Waals surface area contributed by atoms with Gasteiger partial charge in [0, 0.05) is 5.56 Å². The number of carbonyl (C=O) groups excluding carboxylic acids is 1. The molecule has 0 aliphatic carbocycles. The van der Waals surface area contributed by atoms with Gasteiger partial charge in [0.15, 0.2) is 0 Å². The Kier molecular flexibility index (Phi) is 3.01. The summed E-state index contributed by atoms with van der Waals surface area (Å²) in [5, 5.41) is 3.08. The van der Waals surface area contributed by atoms with Crippen molar-refractivity contribution in [2.45, 2.75) is 0 Å². The van der Waals surface area contributed by atoms with E-state index in [0.29, 0.717) is 16.5 Å².